The van der Waals surface area contributed by atoms with Crippen molar-refractivity contribution in [3.8, 4) is 5.75 Å². The molecule has 0 aliphatic rings. The third-order valence-corrected chi connectivity index (χ3v) is 3.40. The fraction of sp³-hybridized carbons (Fsp3) is 0.600. The van der Waals surface area contributed by atoms with E-state index in [-0.39, 0.29) is 0 Å². The molecule has 0 aromatic heterocycles. The first-order chi connectivity index (χ1) is 8.34. The maximum Gasteiger partial charge on any atom is 0.144 e. The highest BCUT2D eigenvalue weighted by molar-refractivity contribution is 5.61. The van der Waals surface area contributed by atoms with Crippen LogP contribution in [0.5, 0.6) is 5.75 Å². The van der Waals surface area contributed by atoms with Crippen molar-refractivity contribution in [2.75, 3.05) is 24.2 Å². The highest BCUT2D eigenvalue weighted by Crippen LogP contribution is 2.28. The zero-order valence-electron chi connectivity index (χ0n) is 12.2. The summed E-state index contributed by atoms with van der Waals surface area (Å²) in [5.41, 5.74) is 7.90. The number of rotatable bonds is 5. The number of benzene rings is 1. The van der Waals surface area contributed by atoms with Crippen LogP contribution in [0.2, 0.25) is 0 Å². The molecule has 3 nitrogen and oxygen atoms in total. The first-order valence-electron chi connectivity index (χ1n) is 6.60. The van der Waals surface area contributed by atoms with E-state index in [2.05, 4.69) is 33.0 Å². The molecule has 1 rings (SSSR count). The van der Waals surface area contributed by atoms with Crippen LogP contribution in [-0.2, 0) is 0 Å². The Balaban J connectivity index is 2.65. The van der Waals surface area contributed by atoms with E-state index in [1.807, 2.05) is 25.1 Å². The molecule has 3 heteroatoms. The molecule has 1 unspecified atom stereocenters. The molecule has 0 radical (unpaired) electrons. The second-order valence-corrected chi connectivity index (χ2v) is 5.83. The van der Waals surface area contributed by atoms with Gasteiger partial charge >= 0.3 is 0 Å². The van der Waals surface area contributed by atoms with E-state index in [9.17, 15) is 0 Å². The van der Waals surface area contributed by atoms with Gasteiger partial charge in [0.1, 0.15) is 5.75 Å². The van der Waals surface area contributed by atoms with Crippen molar-refractivity contribution in [1.82, 2.24) is 0 Å². The summed E-state index contributed by atoms with van der Waals surface area (Å²) in [6.45, 7) is 12.6. The van der Waals surface area contributed by atoms with Crippen molar-refractivity contribution in [2.45, 2.75) is 34.6 Å². The normalized spacial score (nSPS) is 13.2. The number of anilines is 2. The van der Waals surface area contributed by atoms with Crippen molar-refractivity contribution >= 4 is 11.4 Å². The van der Waals surface area contributed by atoms with Gasteiger partial charge in [-0.05, 0) is 30.4 Å². The molecule has 0 fully saturated rings. The summed E-state index contributed by atoms with van der Waals surface area (Å²) in [5, 5.41) is 3.44. The van der Waals surface area contributed by atoms with E-state index in [4.69, 9.17) is 10.5 Å². The van der Waals surface area contributed by atoms with Gasteiger partial charge in [0.05, 0.1) is 12.3 Å². The lowest BCUT2D eigenvalue weighted by molar-refractivity contribution is 0.274. The summed E-state index contributed by atoms with van der Waals surface area (Å²) < 4.78 is 5.49. The Labute approximate surface area is 111 Å². The third kappa shape index (κ3) is 4.13. The highest BCUT2D eigenvalue weighted by atomic mass is 16.5. The molecule has 0 amide bonds. The number of nitrogens with one attached hydrogen (secondary N) is 1. The quantitative estimate of drug-likeness (QED) is 0.782. The van der Waals surface area contributed by atoms with Gasteiger partial charge in [-0.1, -0.05) is 27.7 Å². The van der Waals surface area contributed by atoms with Gasteiger partial charge in [0.2, 0.25) is 0 Å². The van der Waals surface area contributed by atoms with Crippen molar-refractivity contribution in [2.24, 2.45) is 11.3 Å². The molecule has 0 aliphatic carbocycles. The number of hydrogen-bond donors (Lipinski definition) is 2. The molecule has 0 spiro atoms. The molecule has 0 saturated heterocycles. The zero-order valence-corrected chi connectivity index (χ0v) is 12.2. The summed E-state index contributed by atoms with van der Waals surface area (Å²) in [4.78, 5) is 0. The highest BCUT2D eigenvalue weighted by Gasteiger charge is 2.19. The second-order valence-electron chi connectivity index (χ2n) is 5.83. The minimum atomic E-state index is 0.309. The molecule has 1 aromatic carbocycles. The van der Waals surface area contributed by atoms with Crippen LogP contribution >= 0.6 is 0 Å². The molecule has 0 aliphatic heterocycles. The molecule has 1 aromatic rings. The smallest absolute Gasteiger partial charge is 0.144 e. The first kappa shape index (κ1) is 14.7. The van der Waals surface area contributed by atoms with Crippen LogP contribution in [0.3, 0.4) is 0 Å². The summed E-state index contributed by atoms with van der Waals surface area (Å²) in [6.07, 6.45) is 0. The Bertz CT molecular complexity index is 383. The molecular weight excluding hydrogens is 224 g/mol. The SMILES string of the molecule is CCOc1cc(NCC(C)C(C)(C)C)ccc1N. The molecular formula is C15H26N2O. The van der Waals surface area contributed by atoms with Crippen LogP contribution in [0.4, 0.5) is 11.4 Å². The van der Waals surface area contributed by atoms with E-state index in [1.165, 1.54) is 0 Å². The Morgan fingerprint density at radius 3 is 2.56 bits per heavy atom. The molecule has 0 saturated carbocycles. The van der Waals surface area contributed by atoms with Crippen molar-refractivity contribution in [1.29, 1.82) is 0 Å². The fourth-order valence-corrected chi connectivity index (χ4v) is 1.50. The Kier molecular flexibility index (Phi) is 4.88. The van der Waals surface area contributed by atoms with E-state index in [0.29, 0.717) is 23.6 Å². The van der Waals surface area contributed by atoms with Gasteiger partial charge in [-0.25, -0.2) is 0 Å². The van der Waals surface area contributed by atoms with Gasteiger partial charge in [0.25, 0.3) is 0 Å². The van der Waals surface area contributed by atoms with E-state index >= 15 is 0 Å². The van der Waals surface area contributed by atoms with Crippen molar-refractivity contribution in [3.63, 3.8) is 0 Å². The van der Waals surface area contributed by atoms with Crippen LogP contribution in [0.25, 0.3) is 0 Å². The van der Waals surface area contributed by atoms with Crippen LogP contribution in [-0.4, -0.2) is 13.2 Å². The van der Waals surface area contributed by atoms with E-state index < -0.39 is 0 Å². The summed E-state index contributed by atoms with van der Waals surface area (Å²) in [5.74, 6) is 1.34. The predicted molar refractivity (Wildman–Crippen MR) is 79.1 cm³/mol. The Morgan fingerprint density at radius 2 is 2.00 bits per heavy atom. The molecule has 0 bridgehead atoms. The van der Waals surface area contributed by atoms with Gasteiger partial charge in [-0.15, -0.1) is 0 Å². The maximum absolute atomic E-state index is 5.85. The first-order valence-corrected chi connectivity index (χ1v) is 6.60. The molecule has 18 heavy (non-hydrogen) atoms. The Morgan fingerprint density at radius 1 is 1.33 bits per heavy atom. The number of hydrogen-bond acceptors (Lipinski definition) is 3. The molecule has 3 N–H and O–H groups in total. The average Bonchev–Trinajstić information content (AvgIpc) is 2.28. The van der Waals surface area contributed by atoms with Gasteiger partial charge in [0.15, 0.2) is 0 Å². The lowest BCUT2D eigenvalue weighted by Crippen LogP contribution is -2.24. The molecule has 0 heterocycles. The van der Waals surface area contributed by atoms with Crippen LogP contribution in [0.15, 0.2) is 18.2 Å². The topological polar surface area (TPSA) is 47.3 Å². The largest absolute Gasteiger partial charge is 0.492 e. The number of nitrogen functional groups attached to an aromatic ring is 1. The predicted octanol–water partition coefficient (Wildman–Crippen LogP) is 3.76. The molecule has 102 valence electrons. The molecule has 1 atom stereocenters. The average molecular weight is 250 g/mol. The summed E-state index contributed by atoms with van der Waals surface area (Å²) >= 11 is 0. The number of nitrogens with two attached hydrogens (primary N) is 1. The monoisotopic (exact) mass is 250 g/mol. The third-order valence-electron chi connectivity index (χ3n) is 3.40. The van der Waals surface area contributed by atoms with E-state index in [0.717, 1.165) is 18.0 Å². The summed E-state index contributed by atoms with van der Waals surface area (Å²) in [6, 6.07) is 5.84. The van der Waals surface area contributed by atoms with E-state index in [1.54, 1.807) is 0 Å². The lowest BCUT2D eigenvalue weighted by Gasteiger charge is -2.27. The van der Waals surface area contributed by atoms with Crippen molar-refractivity contribution in [3.05, 3.63) is 18.2 Å². The lowest BCUT2D eigenvalue weighted by atomic mass is 9.82. The fourth-order valence-electron chi connectivity index (χ4n) is 1.50. The zero-order chi connectivity index (χ0) is 13.8. The van der Waals surface area contributed by atoms with Crippen LogP contribution in [0.1, 0.15) is 34.6 Å². The maximum atomic E-state index is 5.85. The summed E-state index contributed by atoms with van der Waals surface area (Å²) in [7, 11) is 0. The van der Waals surface area contributed by atoms with Crippen LogP contribution in [0, 0.1) is 11.3 Å². The minimum absolute atomic E-state index is 0.309. The standard InChI is InChI=1S/C15H26N2O/c1-6-18-14-9-12(7-8-13(14)16)17-10-11(2)15(3,4)5/h7-9,11,17H,6,10,16H2,1-5H3. The number of ether oxygens (including phenoxy) is 1. The van der Waals surface area contributed by atoms with Gasteiger partial charge in [-0.3, -0.25) is 0 Å². The Hall–Kier alpha value is -1.38. The van der Waals surface area contributed by atoms with Gasteiger partial charge in [-0.2, -0.15) is 0 Å². The minimum Gasteiger partial charge on any atom is -0.492 e. The second kappa shape index (κ2) is 5.98. The van der Waals surface area contributed by atoms with Gasteiger partial charge < -0.3 is 15.8 Å². The van der Waals surface area contributed by atoms with Crippen molar-refractivity contribution < 1.29 is 4.74 Å². The van der Waals surface area contributed by atoms with Gasteiger partial charge in [0, 0.05) is 18.3 Å². The van der Waals surface area contributed by atoms with Crippen LogP contribution < -0.4 is 15.8 Å².